The van der Waals surface area contributed by atoms with Crippen LogP contribution >= 0.6 is 0 Å². The molecule has 1 unspecified atom stereocenters. The Balaban J connectivity index is 1.18. The number of likely N-dealkylation sites (tertiary alicyclic amines) is 1. The Morgan fingerprint density at radius 3 is 2.35 bits per heavy atom. The SMILES string of the molecule is Cc1nn(C2CCC(=O)NC2=O)c(=O)c2ccc(N3CCN(CC4CCN(C(=O)OC(C)(C)C)CC4)CC3)cc12. The van der Waals surface area contributed by atoms with Crippen molar-refractivity contribution in [2.45, 2.75) is 65.0 Å². The number of hydrogen-bond acceptors (Lipinski definition) is 8. The van der Waals surface area contributed by atoms with E-state index in [1.54, 1.807) is 0 Å². The molecule has 4 heterocycles. The summed E-state index contributed by atoms with van der Waals surface area (Å²) in [4.78, 5) is 56.1. The second-order valence-corrected chi connectivity index (χ2v) is 12.2. The van der Waals surface area contributed by atoms with Gasteiger partial charge < -0.3 is 14.5 Å². The number of rotatable bonds is 4. The number of imide groups is 1. The van der Waals surface area contributed by atoms with Gasteiger partial charge in [0, 0.05) is 63.3 Å². The van der Waals surface area contributed by atoms with Crippen molar-refractivity contribution in [3.05, 3.63) is 34.2 Å². The lowest BCUT2D eigenvalue weighted by atomic mass is 9.96. The van der Waals surface area contributed by atoms with Crippen LogP contribution in [0.2, 0.25) is 0 Å². The van der Waals surface area contributed by atoms with Crippen LogP contribution in [0.1, 0.15) is 58.2 Å². The summed E-state index contributed by atoms with van der Waals surface area (Å²) in [5, 5.41) is 8.09. The van der Waals surface area contributed by atoms with Gasteiger partial charge >= 0.3 is 6.09 Å². The van der Waals surface area contributed by atoms with Gasteiger partial charge in [0.15, 0.2) is 0 Å². The van der Waals surface area contributed by atoms with Crippen LogP contribution in [-0.4, -0.2) is 88.9 Å². The molecule has 3 fully saturated rings. The van der Waals surface area contributed by atoms with Gasteiger partial charge in [0.25, 0.3) is 11.5 Å². The number of ether oxygens (including phenoxy) is 1. The first kappa shape index (κ1) is 28.1. The summed E-state index contributed by atoms with van der Waals surface area (Å²) in [7, 11) is 0. The molecule has 40 heavy (non-hydrogen) atoms. The summed E-state index contributed by atoms with van der Waals surface area (Å²) in [5.41, 5.74) is 0.950. The third kappa shape index (κ3) is 6.14. The number of benzene rings is 1. The number of carbonyl (C=O) groups is 3. The maximum atomic E-state index is 13.2. The minimum Gasteiger partial charge on any atom is -0.444 e. The molecule has 0 aliphatic carbocycles. The molecule has 0 saturated carbocycles. The molecule has 0 radical (unpaired) electrons. The Morgan fingerprint density at radius 2 is 1.70 bits per heavy atom. The highest BCUT2D eigenvalue weighted by Crippen LogP contribution is 2.26. The van der Waals surface area contributed by atoms with Crippen molar-refractivity contribution in [3.8, 4) is 0 Å². The minimum absolute atomic E-state index is 0.192. The lowest BCUT2D eigenvalue weighted by Gasteiger charge is -2.39. The Morgan fingerprint density at radius 1 is 1.00 bits per heavy atom. The molecule has 0 bridgehead atoms. The number of carbonyl (C=O) groups excluding carboxylic acids is 3. The number of amides is 3. The van der Waals surface area contributed by atoms with Crippen LogP contribution in [0.25, 0.3) is 10.8 Å². The van der Waals surface area contributed by atoms with Crippen LogP contribution in [0.3, 0.4) is 0 Å². The number of aryl methyl sites for hydroxylation is 1. The van der Waals surface area contributed by atoms with Gasteiger partial charge in [-0.3, -0.25) is 24.6 Å². The average molecular weight is 553 g/mol. The van der Waals surface area contributed by atoms with Crippen LogP contribution in [-0.2, 0) is 14.3 Å². The largest absolute Gasteiger partial charge is 0.444 e. The van der Waals surface area contributed by atoms with Crippen molar-refractivity contribution < 1.29 is 19.1 Å². The Bertz CT molecular complexity index is 1350. The van der Waals surface area contributed by atoms with Crippen molar-refractivity contribution in [2.24, 2.45) is 5.92 Å². The molecule has 3 aliphatic rings. The highest BCUT2D eigenvalue weighted by atomic mass is 16.6. The zero-order chi connectivity index (χ0) is 28.6. The van der Waals surface area contributed by atoms with E-state index in [1.807, 2.05) is 50.8 Å². The number of hydrogen-bond donors (Lipinski definition) is 1. The standard InChI is InChI=1S/C29H40N6O5/c1-19-23-17-21(5-6-22(23)27(38)35(31-19)24-7-8-25(36)30-26(24)37)33-15-13-32(14-16-33)18-20-9-11-34(12-10-20)28(39)40-29(2,3)4/h5-6,17,20,24H,7-16,18H2,1-4H3,(H,30,36,37). The summed E-state index contributed by atoms with van der Waals surface area (Å²) < 4.78 is 6.75. The fourth-order valence-corrected chi connectivity index (χ4v) is 5.90. The third-order valence-corrected chi connectivity index (χ3v) is 8.11. The predicted molar refractivity (Wildman–Crippen MR) is 151 cm³/mol. The van der Waals surface area contributed by atoms with E-state index >= 15 is 0 Å². The zero-order valence-corrected chi connectivity index (χ0v) is 23.9. The number of nitrogens with zero attached hydrogens (tertiary/aromatic N) is 5. The van der Waals surface area contributed by atoms with Gasteiger partial charge in [-0.25, -0.2) is 9.48 Å². The first-order chi connectivity index (χ1) is 19.0. The van der Waals surface area contributed by atoms with Crippen LogP contribution in [0.15, 0.2) is 23.0 Å². The number of anilines is 1. The maximum Gasteiger partial charge on any atom is 0.410 e. The number of piperazine rings is 1. The molecule has 1 aromatic carbocycles. The third-order valence-electron chi connectivity index (χ3n) is 8.11. The molecule has 3 aliphatic heterocycles. The zero-order valence-electron chi connectivity index (χ0n) is 23.9. The van der Waals surface area contributed by atoms with E-state index in [9.17, 15) is 19.2 Å². The van der Waals surface area contributed by atoms with Crippen molar-refractivity contribution >= 4 is 34.4 Å². The highest BCUT2D eigenvalue weighted by Gasteiger charge is 2.31. The molecule has 11 heteroatoms. The van der Waals surface area contributed by atoms with E-state index in [2.05, 4.69) is 20.2 Å². The second kappa shape index (κ2) is 11.2. The Hall–Kier alpha value is -3.47. The van der Waals surface area contributed by atoms with Crippen LogP contribution in [0.4, 0.5) is 10.5 Å². The summed E-state index contributed by atoms with van der Waals surface area (Å²) in [6.07, 6.45) is 2.24. The topological polar surface area (TPSA) is 117 Å². The lowest BCUT2D eigenvalue weighted by molar-refractivity contribution is -0.136. The summed E-state index contributed by atoms with van der Waals surface area (Å²) in [5.74, 6) is -0.223. The summed E-state index contributed by atoms with van der Waals surface area (Å²) in [6, 6.07) is 5.05. The fourth-order valence-electron chi connectivity index (χ4n) is 5.90. The van der Waals surface area contributed by atoms with Gasteiger partial charge in [0.1, 0.15) is 11.6 Å². The molecule has 1 atom stereocenters. The van der Waals surface area contributed by atoms with Crippen molar-refractivity contribution in [1.29, 1.82) is 0 Å². The van der Waals surface area contributed by atoms with Crippen LogP contribution in [0.5, 0.6) is 0 Å². The van der Waals surface area contributed by atoms with E-state index in [-0.39, 0.29) is 30.4 Å². The molecule has 3 saturated heterocycles. The van der Waals surface area contributed by atoms with Gasteiger partial charge in [-0.2, -0.15) is 5.10 Å². The molecule has 216 valence electrons. The Labute approximate surface area is 234 Å². The fraction of sp³-hybridized carbons (Fsp3) is 0.621. The van der Waals surface area contributed by atoms with E-state index in [1.165, 1.54) is 4.68 Å². The maximum absolute atomic E-state index is 13.2. The highest BCUT2D eigenvalue weighted by molar-refractivity contribution is 5.99. The number of fused-ring (bicyclic) bond motifs is 1. The molecule has 11 nitrogen and oxygen atoms in total. The molecule has 2 aromatic rings. The van der Waals surface area contributed by atoms with E-state index in [4.69, 9.17) is 4.74 Å². The van der Waals surface area contributed by atoms with Crippen molar-refractivity contribution in [1.82, 2.24) is 24.9 Å². The predicted octanol–water partition coefficient (Wildman–Crippen LogP) is 2.45. The van der Waals surface area contributed by atoms with Crippen molar-refractivity contribution in [2.75, 3.05) is 50.7 Å². The quantitative estimate of drug-likeness (QED) is 0.575. The molecule has 1 aromatic heterocycles. The molecule has 3 amide bonds. The molecule has 5 rings (SSSR count). The van der Waals surface area contributed by atoms with Gasteiger partial charge in [0.05, 0.1) is 11.1 Å². The molecule has 1 N–H and O–H groups in total. The van der Waals surface area contributed by atoms with Gasteiger partial charge in [-0.1, -0.05) is 0 Å². The molecule has 0 spiro atoms. The van der Waals surface area contributed by atoms with E-state index in [0.717, 1.165) is 69.7 Å². The van der Waals surface area contributed by atoms with Gasteiger partial charge in [0.2, 0.25) is 5.91 Å². The monoisotopic (exact) mass is 552 g/mol. The smallest absolute Gasteiger partial charge is 0.410 e. The number of nitrogens with one attached hydrogen (secondary N) is 1. The normalized spacial score (nSPS) is 21.6. The lowest BCUT2D eigenvalue weighted by Crippen LogP contribution is -2.49. The second-order valence-electron chi connectivity index (χ2n) is 12.2. The first-order valence-electron chi connectivity index (χ1n) is 14.3. The summed E-state index contributed by atoms with van der Waals surface area (Å²) >= 11 is 0. The minimum atomic E-state index is -0.773. The van der Waals surface area contributed by atoms with Gasteiger partial charge in [-0.05, 0) is 71.1 Å². The van der Waals surface area contributed by atoms with Crippen molar-refractivity contribution in [3.63, 3.8) is 0 Å². The molecular weight excluding hydrogens is 512 g/mol. The van der Waals surface area contributed by atoms with Gasteiger partial charge in [-0.15, -0.1) is 0 Å². The first-order valence-corrected chi connectivity index (χ1v) is 14.3. The Kier molecular flexibility index (Phi) is 7.85. The van der Waals surface area contributed by atoms with Crippen LogP contribution < -0.4 is 15.8 Å². The summed E-state index contributed by atoms with van der Waals surface area (Å²) in [6.45, 7) is 13.8. The average Bonchev–Trinajstić information content (AvgIpc) is 2.91. The van der Waals surface area contributed by atoms with E-state index < -0.39 is 17.6 Å². The number of aromatic nitrogens is 2. The number of piperidine rings is 2. The van der Waals surface area contributed by atoms with E-state index in [0.29, 0.717) is 17.0 Å². The molecular formula is C29H40N6O5. The van der Waals surface area contributed by atoms with Crippen LogP contribution in [0, 0.1) is 12.8 Å².